The number of nitrogens with one attached hydrogen (secondary N) is 1. The van der Waals surface area contributed by atoms with Crippen LogP contribution in [0.3, 0.4) is 0 Å². The Balaban J connectivity index is 1.96. The van der Waals surface area contributed by atoms with E-state index in [1.54, 1.807) is 44.2 Å². The first-order valence-corrected chi connectivity index (χ1v) is 11.0. The van der Waals surface area contributed by atoms with E-state index in [-0.39, 0.29) is 4.90 Å². The summed E-state index contributed by atoms with van der Waals surface area (Å²) < 4.78 is 39.3. The highest BCUT2D eigenvalue weighted by Gasteiger charge is 2.22. The number of fused-ring (bicyclic) bond motifs is 1. The Morgan fingerprint density at radius 2 is 1.86 bits per heavy atom. The number of sulfonamides is 1. The molecule has 3 rings (SSSR count). The lowest BCUT2D eigenvalue weighted by molar-refractivity contribution is 0.0500. The third kappa shape index (κ3) is 4.45. The second kappa shape index (κ2) is 8.29. The average Bonchev–Trinajstić information content (AvgIpc) is 2.98. The highest BCUT2D eigenvalue weighted by Crippen LogP contribution is 2.30. The number of rotatable bonds is 7. The second-order valence-electron chi connectivity index (χ2n) is 7.11. The Morgan fingerprint density at radius 3 is 2.59 bits per heavy atom. The smallest absolute Gasteiger partial charge is 0.342 e. The average molecular weight is 416 g/mol. The van der Waals surface area contributed by atoms with Crippen molar-refractivity contribution in [2.24, 2.45) is 0 Å². The van der Waals surface area contributed by atoms with Crippen molar-refractivity contribution < 1.29 is 22.4 Å². The van der Waals surface area contributed by atoms with Gasteiger partial charge in [0.15, 0.2) is 0 Å². The first-order valence-electron chi connectivity index (χ1n) is 9.53. The zero-order valence-electron chi connectivity index (χ0n) is 17.0. The minimum absolute atomic E-state index is 0.222. The highest BCUT2D eigenvalue weighted by molar-refractivity contribution is 7.92. The summed E-state index contributed by atoms with van der Waals surface area (Å²) in [5.41, 5.74) is 2.68. The number of hydrogen-bond donors (Lipinski definition) is 1. The van der Waals surface area contributed by atoms with E-state index in [0.717, 1.165) is 18.4 Å². The van der Waals surface area contributed by atoms with Crippen molar-refractivity contribution in [3.63, 3.8) is 0 Å². The van der Waals surface area contributed by atoms with Gasteiger partial charge in [-0.1, -0.05) is 25.5 Å². The van der Waals surface area contributed by atoms with Crippen LogP contribution in [0.25, 0.3) is 11.0 Å². The van der Waals surface area contributed by atoms with Crippen LogP contribution in [-0.2, 0) is 14.8 Å². The normalized spacial score (nSPS) is 11.6. The number of carbonyl (C=O) groups is 1. The van der Waals surface area contributed by atoms with Gasteiger partial charge in [-0.15, -0.1) is 0 Å². The van der Waals surface area contributed by atoms with E-state index in [1.165, 1.54) is 0 Å². The Labute approximate surface area is 170 Å². The van der Waals surface area contributed by atoms with Crippen LogP contribution in [0.5, 0.6) is 0 Å². The minimum Gasteiger partial charge on any atom is -0.462 e. The molecule has 6 nitrogen and oxygen atoms in total. The number of carbonyl (C=O) groups excluding carboxylic acids is 1. The van der Waals surface area contributed by atoms with Gasteiger partial charge < -0.3 is 9.15 Å². The van der Waals surface area contributed by atoms with Gasteiger partial charge in [-0.05, 0) is 62.6 Å². The van der Waals surface area contributed by atoms with Crippen molar-refractivity contribution in [1.82, 2.24) is 0 Å². The molecule has 1 N–H and O–H groups in total. The second-order valence-corrected chi connectivity index (χ2v) is 8.76. The van der Waals surface area contributed by atoms with E-state index in [1.807, 2.05) is 19.9 Å². The molecule has 154 valence electrons. The molecule has 0 radical (unpaired) electrons. The molecule has 3 aromatic rings. The number of hydrogen-bond acceptors (Lipinski definition) is 5. The summed E-state index contributed by atoms with van der Waals surface area (Å²) >= 11 is 0. The van der Waals surface area contributed by atoms with E-state index in [2.05, 4.69) is 4.72 Å². The number of furan rings is 1. The van der Waals surface area contributed by atoms with Crippen molar-refractivity contribution in [3.05, 3.63) is 58.8 Å². The molecule has 0 atom stereocenters. The summed E-state index contributed by atoms with van der Waals surface area (Å²) in [4.78, 5) is 12.7. The van der Waals surface area contributed by atoms with E-state index >= 15 is 0 Å². The highest BCUT2D eigenvalue weighted by atomic mass is 32.2. The first-order chi connectivity index (χ1) is 13.7. The summed E-state index contributed by atoms with van der Waals surface area (Å²) in [6.07, 6.45) is 1.70. The Morgan fingerprint density at radius 1 is 1.10 bits per heavy atom. The molecule has 1 aromatic heterocycles. The lowest BCUT2D eigenvalue weighted by Gasteiger charge is -2.11. The molecule has 0 saturated heterocycles. The fourth-order valence-electron chi connectivity index (χ4n) is 3.13. The molecule has 0 aliphatic carbocycles. The van der Waals surface area contributed by atoms with Gasteiger partial charge in [-0.2, -0.15) is 0 Å². The van der Waals surface area contributed by atoms with E-state index in [4.69, 9.17) is 9.15 Å². The standard InChI is InChI=1S/C22H25NO5S/c1-5-6-11-27-22(24)21-16(4)28-19-10-9-17(13-18(19)21)23-29(25,26)20-12-14(2)7-8-15(20)3/h7-10,12-13,23H,5-6,11H2,1-4H3. The van der Waals surface area contributed by atoms with Crippen LogP contribution in [0, 0.1) is 20.8 Å². The van der Waals surface area contributed by atoms with Gasteiger partial charge >= 0.3 is 5.97 Å². The van der Waals surface area contributed by atoms with Crippen molar-refractivity contribution >= 4 is 32.6 Å². The van der Waals surface area contributed by atoms with Crippen LogP contribution >= 0.6 is 0 Å². The molecule has 0 amide bonds. The summed E-state index contributed by atoms with van der Waals surface area (Å²) in [6, 6.07) is 10.1. The predicted molar refractivity (Wildman–Crippen MR) is 113 cm³/mol. The van der Waals surface area contributed by atoms with Gasteiger partial charge in [-0.3, -0.25) is 4.72 Å². The SMILES string of the molecule is CCCCOC(=O)c1c(C)oc2ccc(NS(=O)(=O)c3cc(C)ccc3C)cc12. The number of anilines is 1. The number of esters is 1. The van der Waals surface area contributed by atoms with Gasteiger partial charge in [0.25, 0.3) is 10.0 Å². The number of aryl methyl sites for hydroxylation is 3. The van der Waals surface area contributed by atoms with Crippen LogP contribution in [0.15, 0.2) is 45.7 Å². The minimum atomic E-state index is -3.78. The Bertz CT molecular complexity index is 1160. The molecule has 1 heterocycles. The van der Waals surface area contributed by atoms with Crippen molar-refractivity contribution in [1.29, 1.82) is 0 Å². The molecule has 0 bridgehead atoms. The van der Waals surface area contributed by atoms with Gasteiger partial charge in [0.05, 0.1) is 11.5 Å². The lowest BCUT2D eigenvalue weighted by Crippen LogP contribution is -2.14. The van der Waals surface area contributed by atoms with Gasteiger partial charge in [-0.25, -0.2) is 13.2 Å². The number of benzene rings is 2. The van der Waals surface area contributed by atoms with Crippen molar-refractivity contribution in [2.45, 2.75) is 45.4 Å². The summed E-state index contributed by atoms with van der Waals surface area (Å²) in [5, 5.41) is 0.519. The molecule has 0 unspecified atom stereocenters. The van der Waals surface area contributed by atoms with E-state index < -0.39 is 16.0 Å². The Hall–Kier alpha value is -2.80. The zero-order chi connectivity index (χ0) is 21.2. The van der Waals surface area contributed by atoms with Crippen LogP contribution in [-0.4, -0.2) is 21.0 Å². The molecule has 0 aliphatic rings. The first kappa shape index (κ1) is 20.9. The van der Waals surface area contributed by atoms with Gasteiger partial charge in [0.2, 0.25) is 0 Å². The maximum Gasteiger partial charge on any atom is 0.342 e. The molecular weight excluding hydrogens is 390 g/mol. The fraction of sp³-hybridized carbons (Fsp3) is 0.318. The van der Waals surface area contributed by atoms with Crippen LogP contribution in [0.1, 0.15) is 47.0 Å². The molecule has 2 aromatic carbocycles. The molecule has 0 spiro atoms. The Kier molecular flexibility index (Phi) is 5.98. The monoisotopic (exact) mass is 415 g/mol. The van der Waals surface area contributed by atoms with Crippen molar-refractivity contribution in [2.75, 3.05) is 11.3 Å². The van der Waals surface area contributed by atoms with Crippen molar-refractivity contribution in [3.8, 4) is 0 Å². The molecule has 7 heteroatoms. The summed E-state index contributed by atoms with van der Waals surface area (Å²) in [6.45, 7) is 7.63. The summed E-state index contributed by atoms with van der Waals surface area (Å²) in [7, 11) is -3.78. The third-order valence-electron chi connectivity index (χ3n) is 4.68. The molecule has 0 fully saturated rings. The van der Waals surface area contributed by atoms with Gasteiger partial charge in [0, 0.05) is 11.1 Å². The molecular formula is C22H25NO5S. The largest absolute Gasteiger partial charge is 0.462 e. The third-order valence-corrected chi connectivity index (χ3v) is 6.21. The molecule has 29 heavy (non-hydrogen) atoms. The van der Waals surface area contributed by atoms with Crippen LogP contribution in [0.2, 0.25) is 0 Å². The number of ether oxygens (including phenoxy) is 1. The van der Waals surface area contributed by atoms with Crippen LogP contribution < -0.4 is 4.72 Å². The topological polar surface area (TPSA) is 85.6 Å². The summed E-state index contributed by atoms with van der Waals surface area (Å²) in [5.74, 6) is -0.0275. The van der Waals surface area contributed by atoms with E-state index in [0.29, 0.717) is 40.2 Å². The quantitative estimate of drug-likeness (QED) is 0.428. The maximum absolute atomic E-state index is 12.9. The maximum atomic E-state index is 12.9. The zero-order valence-corrected chi connectivity index (χ0v) is 17.9. The molecule has 0 saturated carbocycles. The number of unbranched alkanes of at least 4 members (excludes halogenated alkanes) is 1. The van der Waals surface area contributed by atoms with Crippen LogP contribution in [0.4, 0.5) is 5.69 Å². The predicted octanol–water partition coefficient (Wildman–Crippen LogP) is 5.12. The molecule has 0 aliphatic heterocycles. The fourth-order valence-corrected chi connectivity index (χ4v) is 4.51. The lowest BCUT2D eigenvalue weighted by atomic mass is 10.1. The van der Waals surface area contributed by atoms with Gasteiger partial charge in [0.1, 0.15) is 16.9 Å². The van der Waals surface area contributed by atoms with E-state index in [9.17, 15) is 13.2 Å².